The maximum absolute atomic E-state index is 12.3. The monoisotopic (exact) mass is 270 g/mol. The lowest BCUT2D eigenvalue weighted by Crippen LogP contribution is -2.60. The molecule has 0 spiro atoms. The lowest BCUT2D eigenvalue weighted by atomic mass is 9.82. The summed E-state index contributed by atoms with van der Waals surface area (Å²) in [5.74, 6) is -1.45. The molecule has 0 aromatic rings. The normalized spacial score (nSPS) is 30.6. The highest BCUT2D eigenvalue weighted by Gasteiger charge is 2.43. The van der Waals surface area contributed by atoms with Crippen molar-refractivity contribution in [2.45, 2.75) is 50.1 Å². The van der Waals surface area contributed by atoms with Gasteiger partial charge < -0.3 is 20.9 Å². The molecular weight excluding hydrogens is 248 g/mol. The van der Waals surface area contributed by atoms with Gasteiger partial charge in [-0.05, 0) is 12.8 Å². The Hall–Kier alpha value is -1.14. The smallest absolute Gasteiger partial charge is 0.329 e. The van der Waals surface area contributed by atoms with Crippen molar-refractivity contribution in [3.63, 3.8) is 0 Å². The Morgan fingerprint density at radius 1 is 1.21 bits per heavy atom. The molecule has 1 heterocycles. The zero-order chi connectivity index (χ0) is 13.9. The second-order valence-electron chi connectivity index (χ2n) is 5.54. The standard InChI is InChI=1S/C13H22N2O4/c14-10-4-2-1-3-9(10)11(16)15-13(12(17)18)5-7-19-8-6-13/h9-10H,1-8,14H2,(H,15,16)(H,17,18). The number of nitrogens with two attached hydrogens (primary N) is 1. The molecule has 2 atom stereocenters. The summed E-state index contributed by atoms with van der Waals surface area (Å²) < 4.78 is 5.18. The van der Waals surface area contributed by atoms with E-state index in [0.29, 0.717) is 26.1 Å². The molecule has 6 heteroatoms. The van der Waals surface area contributed by atoms with Crippen molar-refractivity contribution in [3.8, 4) is 0 Å². The number of carbonyl (C=O) groups is 2. The van der Waals surface area contributed by atoms with Gasteiger partial charge in [0, 0.05) is 32.1 Å². The van der Waals surface area contributed by atoms with E-state index in [1.54, 1.807) is 0 Å². The Balaban J connectivity index is 2.04. The molecule has 1 aliphatic heterocycles. The van der Waals surface area contributed by atoms with E-state index in [4.69, 9.17) is 10.5 Å². The molecule has 2 unspecified atom stereocenters. The third-order valence-corrected chi connectivity index (χ3v) is 4.27. The molecule has 19 heavy (non-hydrogen) atoms. The highest BCUT2D eigenvalue weighted by Crippen LogP contribution is 2.26. The molecule has 1 aliphatic carbocycles. The van der Waals surface area contributed by atoms with Crippen molar-refractivity contribution in [3.05, 3.63) is 0 Å². The third kappa shape index (κ3) is 3.06. The molecule has 1 saturated carbocycles. The van der Waals surface area contributed by atoms with Crippen molar-refractivity contribution in [2.75, 3.05) is 13.2 Å². The number of carbonyl (C=O) groups excluding carboxylic acids is 1. The Kier molecular flexibility index (Phi) is 4.42. The van der Waals surface area contributed by atoms with Gasteiger partial charge in [-0.15, -0.1) is 0 Å². The number of rotatable bonds is 3. The van der Waals surface area contributed by atoms with E-state index in [2.05, 4.69) is 5.32 Å². The van der Waals surface area contributed by atoms with Gasteiger partial charge in [0.1, 0.15) is 5.54 Å². The molecule has 0 bridgehead atoms. The quantitative estimate of drug-likeness (QED) is 0.682. The molecule has 0 aromatic carbocycles. The fourth-order valence-corrected chi connectivity index (χ4v) is 2.93. The number of nitrogens with one attached hydrogen (secondary N) is 1. The van der Waals surface area contributed by atoms with Crippen LogP contribution in [0.1, 0.15) is 38.5 Å². The predicted molar refractivity (Wildman–Crippen MR) is 68.5 cm³/mol. The minimum atomic E-state index is -1.17. The molecule has 1 saturated heterocycles. The fourth-order valence-electron chi connectivity index (χ4n) is 2.93. The molecular formula is C13H22N2O4. The molecule has 108 valence electrons. The number of hydrogen-bond donors (Lipinski definition) is 3. The van der Waals surface area contributed by atoms with Crippen molar-refractivity contribution < 1.29 is 19.4 Å². The number of hydrogen-bond acceptors (Lipinski definition) is 4. The average molecular weight is 270 g/mol. The van der Waals surface area contributed by atoms with Crippen LogP contribution in [-0.2, 0) is 14.3 Å². The summed E-state index contributed by atoms with van der Waals surface area (Å²) >= 11 is 0. The van der Waals surface area contributed by atoms with E-state index in [0.717, 1.165) is 25.7 Å². The number of carboxylic acid groups (broad SMARTS) is 1. The molecule has 2 aliphatic rings. The summed E-state index contributed by atoms with van der Waals surface area (Å²) in [6.07, 6.45) is 4.24. The molecule has 2 fully saturated rings. The number of aliphatic carboxylic acids is 1. The number of ether oxygens (including phenoxy) is 1. The van der Waals surface area contributed by atoms with Gasteiger partial charge in [0.2, 0.25) is 5.91 Å². The van der Waals surface area contributed by atoms with Crippen LogP contribution in [0, 0.1) is 5.92 Å². The topological polar surface area (TPSA) is 102 Å². The van der Waals surface area contributed by atoms with Gasteiger partial charge >= 0.3 is 5.97 Å². The lowest BCUT2D eigenvalue weighted by Gasteiger charge is -2.36. The van der Waals surface area contributed by atoms with Gasteiger partial charge in [-0.2, -0.15) is 0 Å². The summed E-state index contributed by atoms with van der Waals surface area (Å²) in [7, 11) is 0. The predicted octanol–water partition coefficient (Wildman–Crippen LogP) is 0.254. The van der Waals surface area contributed by atoms with Gasteiger partial charge in [-0.25, -0.2) is 4.79 Å². The number of carboxylic acids is 1. The Bertz CT molecular complexity index is 353. The second kappa shape index (κ2) is 5.88. The van der Waals surface area contributed by atoms with E-state index in [-0.39, 0.29) is 17.9 Å². The van der Waals surface area contributed by atoms with Crippen LogP contribution in [0.4, 0.5) is 0 Å². The van der Waals surface area contributed by atoms with Crippen LogP contribution in [0.15, 0.2) is 0 Å². The largest absolute Gasteiger partial charge is 0.480 e. The van der Waals surface area contributed by atoms with E-state index in [1.807, 2.05) is 0 Å². The summed E-state index contributed by atoms with van der Waals surface area (Å²) in [5, 5.41) is 12.1. The van der Waals surface area contributed by atoms with Crippen molar-refractivity contribution in [1.29, 1.82) is 0 Å². The van der Waals surface area contributed by atoms with Crippen LogP contribution in [0.25, 0.3) is 0 Å². The fraction of sp³-hybridized carbons (Fsp3) is 0.846. The van der Waals surface area contributed by atoms with Crippen LogP contribution in [0.2, 0.25) is 0 Å². The van der Waals surface area contributed by atoms with E-state index < -0.39 is 11.5 Å². The van der Waals surface area contributed by atoms with E-state index in [1.165, 1.54) is 0 Å². The van der Waals surface area contributed by atoms with Crippen LogP contribution >= 0.6 is 0 Å². The summed E-state index contributed by atoms with van der Waals surface area (Å²) in [5.41, 5.74) is 4.80. The molecule has 4 N–H and O–H groups in total. The van der Waals surface area contributed by atoms with Crippen molar-refractivity contribution in [1.82, 2.24) is 5.32 Å². The summed E-state index contributed by atoms with van der Waals surface area (Å²) in [6.45, 7) is 0.729. The van der Waals surface area contributed by atoms with Gasteiger partial charge in [-0.3, -0.25) is 4.79 Å². The first-order chi connectivity index (χ1) is 9.05. The summed E-state index contributed by atoms with van der Waals surface area (Å²) in [6, 6.07) is -0.153. The lowest BCUT2D eigenvalue weighted by molar-refractivity contribution is -0.153. The van der Waals surface area contributed by atoms with Crippen molar-refractivity contribution >= 4 is 11.9 Å². The van der Waals surface area contributed by atoms with Gasteiger partial charge in [0.15, 0.2) is 0 Å². The van der Waals surface area contributed by atoms with E-state index >= 15 is 0 Å². The van der Waals surface area contributed by atoms with E-state index in [9.17, 15) is 14.7 Å². The zero-order valence-electron chi connectivity index (χ0n) is 11.1. The molecule has 0 radical (unpaired) electrons. The van der Waals surface area contributed by atoms with Crippen LogP contribution in [-0.4, -0.2) is 41.8 Å². The second-order valence-corrected chi connectivity index (χ2v) is 5.54. The molecule has 1 amide bonds. The maximum atomic E-state index is 12.3. The molecule has 2 rings (SSSR count). The first kappa shape index (κ1) is 14.3. The zero-order valence-corrected chi connectivity index (χ0v) is 11.1. The number of amides is 1. The van der Waals surface area contributed by atoms with Crippen LogP contribution in [0.3, 0.4) is 0 Å². The van der Waals surface area contributed by atoms with Gasteiger partial charge in [0.05, 0.1) is 5.92 Å². The average Bonchev–Trinajstić information content (AvgIpc) is 2.40. The Morgan fingerprint density at radius 2 is 1.84 bits per heavy atom. The minimum absolute atomic E-state index is 0.153. The molecule has 6 nitrogen and oxygen atoms in total. The van der Waals surface area contributed by atoms with Gasteiger partial charge in [0.25, 0.3) is 0 Å². The van der Waals surface area contributed by atoms with Crippen molar-refractivity contribution in [2.24, 2.45) is 11.7 Å². The summed E-state index contributed by atoms with van der Waals surface area (Å²) in [4.78, 5) is 23.8. The minimum Gasteiger partial charge on any atom is -0.480 e. The highest BCUT2D eigenvalue weighted by molar-refractivity contribution is 5.88. The SMILES string of the molecule is NC1CCCCC1C(=O)NC1(C(=O)O)CCOCC1. The van der Waals surface area contributed by atoms with Crippen LogP contribution < -0.4 is 11.1 Å². The first-order valence-corrected chi connectivity index (χ1v) is 6.94. The maximum Gasteiger partial charge on any atom is 0.329 e. The Labute approximate surface area is 112 Å². The highest BCUT2D eigenvalue weighted by atomic mass is 16.5. The third-order valence-electron chi connectivity index (χ3n) is 4.27. The Morgan fingerprint density at radius 3 is 2.42 bits per heavy atom. The van der Waals surface area contributed by atoms with Crippen LogP contribution in [0.5, 0.6) is 0 Å². The molecule has 0 aromatic heterocycles. The first-order valence-electron chi connectivity index (χ1n) is 6.94. The van der Waals surface area contributed by atoms with Gasteiger partial charge in [-0.1, -0.05) is 12.8 Å².